The maximum atomic E-state index is 11.9. The first-order valence-electron chi connectivity index (χ1n) is 5.19. The molecule has 0 radical (unpaired) electrons. The molecule has 1 atom stereocenters. The molecule has 4 nitrogen and oxygen atoms in total. The zero-order chi connectivity index (χ0) is 12.0. The van der Waals surface area contributed by atoms with Gasteiger partial charge in [-0.1, -0.05) is 18.2 Å². The number of benzene rings is 1. The first-order chi connectivity index (χ1) is 7.60. The molecule has 0 spiro atoms. The number of sulfone groups is 1. The van der Waals surface area contributed by atoms with Gasteiger partial charge in [0.2, 0.25) is 0 Å². The van der Waals surface area contributed by atoms with E-state index in [-0.39, 0.29) is 12.3 Å². The van der Waals surface area contributed by atoms with E-state index in [0.29, 0.717) is 11.5 Å². The van der Waals surface area contributed by atoms with E-state index in [4.69, 9.17) is 10.5 Å². The molecular weight excluding hydrogens is 226 g/mol. The molecule has 1 rings (SSSR count). The van der Waals surface area contributed by atoms with E-state index in [0.717, 1.165) is 0 Å². The first kappa shape index (κ1) is 13.2. The van der Waals surface area contributed by atoms with Crippen LogP contribution in [0.4, 0.5) is 0 Å². The molecule has 0 aliphatic heterocycles. The third-order valence-electron chi connectivity index (χ3n) is 2.17. The summed E-state index contributed by atoms with van der Waals surface area (Å²) in [4.78, 5) is 0.313. The SMILES string of the molecule is CCOC(CN)CS(=O)(=O)c1ccccc1. The maximum absolute atomic E-state index is 11.9. The molecule has 0 amide bonds. The van der Waals surface area contributed by atoms with Gasteiger partial charge in [-0.05, 0) is 19.1 Å². The summed E-state index contributed by atoms with van der Waals surface area (Å²) in [6.45, 7) is 2.49. The zero-order valence-corrected chi connectivity index (χ0v) is 10.1. The molecule has 0 heterocycles. The van der Waals surface area contributed by atoms with Gasteiger partial charge in [-0.3, -0.25) is 0 Å². The van der Waals surface area contributed by atoms with Crippen LogP contribution in [0.2, 0.25) is 0 Å². The second-order valence-corrected chi connectivity index (χ2v) is 5.44. The van der Waals surface area contributed by atoms with Crippen molar-refractivity contribution in [1.82, 2.24) is 0 Å². The van der Waals surface area contributed by atoms with Gasteiger partial charge < -0.3 is 10.5 Å². The van der Waals surface area contributed by atoms with Crippen LogP contribution < -0.4 is 5.73 Å². The van der Waals surface area contributed by atoms with E-state index in [1.165, 1.54) is 0 Å². The Balaban J connectivity index is 2.79. The highest BCUT2D eigenvalue weighted by Gasteiger charge is 2.20. The van der Waals surface area contributed by atoms with Gasteiger partial charge in [0.25, 0.3) is 0 Å². The van der Waals surface area contributed by atoms with Crippen LogP contribution in [-0.4, -0.2) is 33.4 Å². The van der Waals surface area contributed by atoms with E-state index >= 15 is 0 Å². The predicted molar refractivity (Wildman–Crippen MR) is 63.0 cm³/mol. The van der Waals surface area contributed by atoms with E-state index in [1.807, 2.05) is 6.92 Å². The summed E-state index contributed by atoms with van der Waals surface area (Å²) in [6, 6.07) is 8.34. The average Bonchev–Trinajstić information content (AvgIpc) is 2.29. The van der Waals surface area contributed by atoms with Crippen LogP contribution in [-0.2, 0) is 14.6 Å². The quantitative estimate of drug-likeness (QED) is 0.803. The molecule has 90 valence electrons. The Morgan fingerprint density at radius 1 is 1.31 bits per heavy atom. The lowest BCUT2D eigenvalue weighted by Gasteiger charge is -2.14. The van der Waals surface area contributed by atoms with Crippen LogP contribution in [0.5, 0.6) is 0 Å². The minimum Gasteiger partial charge on any atom is -0.376 e. The number of hydrogen-bond donors (Lipinski definition) is 1. The maximum Gasteiger partial charge on any atom is 0.180 e. The molecule has 0 aliphatic carbocycles. The van der Waals surface area contributed by atoms with Crippen LogP contribution in [0, 0.1) is 0 Å². The molecule has 0 aromatic heterocycles. The van der Waals surface area contributed by atoms with Crippen LogP contribution in [0.1, 0.15) is 6.92 Å². The Bertz CT molecular complexity index is 402. The Hall–Kier alpha value is -0.910. The zero-order valence-electron chi connectivity index (χ0n) is 9.30. The van der Waals surface area contributed by atoms with E-state index in [2.05, 4.69) is 0 Å². The summed E-state index contributed by atoms with van der Waals surface area (Å²) >= 11 is 0. The fourth-order valence-electron chi connectivity index (χ4n) is 1.39. The van der Waals surface area contributed by atoms with Crippen LogP contribution in [0.25, 0.3) is 0 Å². The second kappa shape index (κ2) is 5.98. The fourth-order valence-corrected chi connectivity index (χ4v) is 2.87. The van der Waals surface area contributed by atoms with Gasteiger partial charge in [0.05, 0.1) is 16.8 Å². The van der Waals surface area contributed by atoms with E-state index in [1.54, 1.807) is 30.3 Å². The van der Waals surface area contributed by atoms with Crippen molar-refractivity contribution in [3.63, 3.8) is 0 Å². The van der Waals surface area contributed by atoms with Crippen molar-refractivity contribution in [1.29, 1.82) is 0 Å². The monoisotopic (exact) mass is 243 g/mol. The van der Waals surface area contributed by atoms with E-state index in [9.17, 15) is 8.42 Å². The first-order valence-corrected chi connectivity index (χ1v) is 6.85. The molecular formula is C11H17NO3S. The second-order valence-electron chi connectivity index (χ2n) is 3.41. The lowest BCUT2D eigenvalue weighted by atomic mass is 10.4. The minimum absolute atomic E-state index is 0.0681. The molecule has 5 heteroatoms. The van der Waals surface area contributed by atoms with Crippen molar-refractivity contribution in [2.45, 2.75) is 17.9 Å². The Morgan fingerprint density at radius 3 is 2.44 bits per heavy atom. The summed E-state index contributed by atoms with van der Waals surface area (Å²) in [5.41, 5.74) is 5.45. The molecule has 1 aromatic rings. The van der Waals surface area contributed by atoms with Crippen molar-refractivity contribution in [2.75, 3.05) is 18.9 Å². The Kier molecular flexibility index (Phi) is 4.92. The molecule has 16 heavy (non-hydrogen) atoms. The van der Waals surface area contributed by atoms with Gasteiger partial charge in [0.1, 0.15) is 0 Å². The van der Waals surface area contributed by atoms with Crippen LogP contribution in [0.15, 0.2) is 35.2 Å². The normalized spacial score (nSPS) is 13.6. The number of nitrogens with two attached hydrogens (primary N) is 1. The van der Waals surface area contributed by atoms with Crippen molar-refractivity contribution in [2.24, 2.45) is 5.73 Å². The largest absolute Gasteiger partial charge is 0.376 e. The summed E-state index contributed by atoms with van der Waals surface area (Å²) in [5, 5.41) is 0. The van der Waals surface area contributed by atoms with Crippen LogP contribution >= 0.6 is 0 Å². The summed E-state index contributed by atoms with van der Waals surface area (Å²) < 4.78 is 29.1. The van der Waals surface area contributed by atoms with Gasteiger partial charge in [-0.2, -0.15) is 0 Å². The Labute approximate surface area is 96.3 Å². The van der Waals surface area contributed by atoms with Gasteiger partial charge in [-0.15, -0.1) is 0 Å². The van der Waals surface area contributed by atoms with Crippen molar-refractivity contribution in [3.8, 4) is 0 Å². The van der Waals surface area contributed by atoms with Gasteiger partial charge in [-0.25, -0.2) is 8.42 Å². The van der Waals surface area contributed by atoms with E-state index < -0.39 is 15.9 Å². The number of ether oxygens (including phenoxy) is 1. The van der Waals surface area contributed by atoms with Crippen LogP contribution in [0.3, 0.4) is 0 Å². The Morgan fingerprint density at radius 2 is 1.94 bits per heavy atom. The third-order valence-corrected chi connectivity index (χ3v) is 3.97. The average molecular weight is 243 g/mol. The highest BCUT2D eigenvalue weighted by atomic mass is 32.2. The standard InChI is InChI=1S/C11H17NO3S/c1-2-15-10(8-12)9-16(13,14)11-6-4-3-5-7-11/h3-7,10H,2,8-9,12H2,1H3. The van der Waals surface area contributed by atoms with Crippen molar-refractivity contribution in [3.05, 3.63) is 30.3 Å². The van der Waals surface area contributed by atoms with Gasteiger partial charge >= 0.3 is 0 Å². The smallest absolute Gasteiger partial charge is 0.180 e. The topological polar surface area (TPSA) is 69.4 Å². The number of rotatable bonds is 6. The predicted octanol–water partition coefficient (Wildman–Crippen LogP) is 0.824. The molecule has 1 unspecified atom stereocenters. The molecule has 0 bridgehead atoms. The lowest BCUT2D eigenvalue weighted by Crippen LogP contribution is -2.31. The minimum atomic E-state index is -3.30. The van der Waals surface area contributed by atoms with Gasteiger partial charge in [0, 0.05) is 13.2 Å². The highest BCUT2D eigenvalue weighted by molar-refractivity contribution is 7.91. The van der Waals surface area contributed by atoms with Crippen molar-refractivity contribution < 1.29 is 13.2 Å². The molecule has 0 aliphatic rings. The summed E-state index contributed by atoms with van der Waals surface area (Å²) in [7, 11) is -3.30. The summed E-state index contributed by atoms with van der Waals surface area (Å²) in [6.07, 6.45) is -0.435. The molecule has 0 saturated heterocycles. The molecule has 0 fully saturated rings. The summed E-state index contributed by atoms with van der Waals surface area (Å²) in [5.74, 6) is -0.0681. The third kappa shape index (κ3) is 3.59. The number of hydrogen-bond acceptors (Lipinski definition) is 4. The molecule has 0 saturated carbocycles. The highest BCUT2D eigenvalue weighted by Crippen LogP contribution is 2.12. The fraction of sp³-hybridized carbons (Fsp3) is 0.455. The van der Waals surface area contributed by atoms with Crippen molar-refractivity contribution >= 4 is 9.84 Å². The molecule has 1 aromatic carbocycles. The molecule has 2 N–H and O–H groups in total. The van der Waals surface area contributed by atoms with Gasteiger partial charge in [0.15, 0.2) is 9.84 Å². The lowest BCUT2D eigenvalue weighted by molar-refractivity contribution is 0.0846.